The third kappa shape index (κ3) is 3.58. The molecule has 0 saturated carbocycles. The summed E-state index contributed by atoms with van der Waals surface area (Å²) in [5.74, 6) is 0.703. The van der Waals surface area contributed by atoms with Crippen LogP contribution in [-0.2, 0) is 6.42 Å². The second-order valence-electron chi connectivity index (χ2n) is 4.76. The Morgan fingerprint density at radius 3 is 2.43 bits per heavy atom. The van der Waals surface area contributed by atoms with E-state index in [1.54, 1.807) is 25.1 Å². The van der Waals surface area contributed by atoms with Crippen LogP contribution in [0.2, 0.25) is 0 Å². The van der Waals surface area contributed by atoms with Crippen molar-refractivity contribution in [3.63, 3.8) is 0 Å². The van der Waals surface area contributed by atoms with Crippen molar-refractivity contribution in [3.05, 3.63) is 63.7 Å². The Balaban J connectivity index is 2.31. The number of benzene rings is 2. The van der Waals surface area contributed by atoms with Gasteiger partial charge >= 0.3 is 5.69 Å². The number of hydrogen-bond donors (Lipinski definition) is 1. The highest BCUT2D eigenvalue weighted by molar-refractivity contribution is 5.51. The van der Waals surface area contributed by atoms with Crippen LogP contribution in [0.25, 0.3) is 0 Å². The van der Waals surface area contributed by atoms with Gasteiger partial charge < -0.3 is 9.84 Å². The quantitative estimate of drug-likeness (QED) is 0.666. The van der Waals surface area contributed by atoms with Gasteiger partial charge in [-0.2, -0.15) is 0 Å². The Labute approximate surface area is 123 Å². The van der Waals surface area contributed by atoms with E-state index in [1.807, 2.05) is 12.1 Å². The normalized spacial score (nSPS) is 12.0. The molecule has 0 unspecified atom stereocenters. The van der Waals surface area contributed by atoms with Crippen molar-refractivity contribution in [2.24, 2.45) is 0 Å². The fraction of sp³-hybridized carbons (Fsp3) is 0.250. The Morgan fingerprint density at radius 2 is 1.90 bits per heavy atom. The van der Waals surface area contributed by atoms with Gasteiger partial charge in [0.2, 0.25) is 5.75 Å². The summed E-state index contributed by atoms with van der Waals surface area (Å²) in [7, 11) is 0. The van der Waals surface area contributed by atoms with Crippen molar-refractivity contribution in [1.29, 1.82) is 0 Å². The fourth-order valence-electron chi connectivity index (χ4n) is 1.94. The zero-order chi connectivity index (χ0) is 15.4. The number of nitrogens with zero attached hydrogens (tertiary/aromatic N) is 1. The molecule has 0 fully saturated rings. The maximum Gasteiger partial charge on any atom is 0.311 e. The van der Waals surface area contributed by atoms with E-state index in [9.17, 15) is 15.2 Å². The van der Waals surface area contributed by atoms with Crippen LogP contribution in [-0.4, -0.2) is 10.0 Å². The van der Waals surface area contributed by atoms with Gasteiger partial charge in [-0.1, -0.05) is 25.1 Å². The lowest BCUT2D eigenvalue weighted by Gasteiger charge is -2.09. The molecule has 110 valence electrons. The second kappa shape index (κ2) is 6.37. The molecule has 0 aliphatic rings. The monoisotopic (exact) mass is 287 g/mol. The summed E-state index contributed by atoms with van der Waals surface area (Å²) < 4.78 is 5.58. The van der Waals surface area contributed by atoms with E-state index in [1.165, 1.54) is 17.7 Å². The van der Waals surface area contributed by atoms with Crippen LogP contribution >= 0.6 is 0 Å². The molecule has 5 nitrogen and oxygen atoms in total. The van der Waals surface area contributed by atoms with Crippen LogP contribution in [0.1, 0.15) is 31.1 Å². The molecule has 0 aromatic heterocycles. The second-order valence-corrected chi connectivity index (χ2v) is 4.76. The Hall–Kier alpha value is -2.40. The third-order valence-electron chi connectivity index (χ3n) is 3.22. The van der Waals surface area contributed by atoms with Crippen molar-refractivity contribution in [2.75, 3.05) is 0 Å². The predicted octanol–water partition coefficient (Wildman–Crippen LogP) is 4.00. The van der Waals surface area contributed by atoms with Gasteiger partial charge in [0.15, 0.2) is 0 Å². The molecule has 0 bridgehead atoms. The number of aliphatic hydroxyl groups is 1. The van der Waals surface area contributed by atoms with Crippen molar-refractivity contribution in [2.45, 2.75) is 26.4 Å². The zero-order valence-corrected chi connectivity index (χ0v) is 11.9. The summed E-state index contributed by atoms with van der Waals surface area (Å²) in [4.78, 5) is 10.6. The van der Waals surface area contributed by atoms with Gasteiger partial charge in [0.1, 0.15) is 5.75 Å². The minimum absolute atomic E-state index is 0.159. The van der Waals surface area contributed by atoms with Crippen LogP contribution in [0, 0.1) is 10.1 Å². The van der Waals surface area contributed by atoms with Gasteiger partial charge in [0.05, 0.1) is 11.0 Å². The zero-order valence-electron chi connectivity index (χ0n) is 11.9. The predicted molar refractivity (Wildman–Crippen MR) is 79.6 cm³/mol. The number of aliphatic hydroxyl groups excluding tert-OH is 1. The minimum Gasteiger partial charge on any atom is -0.450 e. The highest BCUT2D eigenvalue weighted by Gasteiger charge is 2.18. The molecule has 0 aliphatic heterocycles. The first-order valence-corrected chi connectivity index (χ1v) is 6.74. The molecule has 0 spiro atoms. The summed E-state index contributed by atoms with van der Waals surface area (Å²) >= 11 is 0. The van der Waals surface area contributed by atoms with Gasteiger partial charge in [-0.25, -0.2) is 0 Å². The molecule has 5 heteroatoms. The van der Waals surface area contributed by atoms with E-state index in [-0.39, 0.29) is 11.4 Å². The maximum absolute atomic E-state index is 11.1. The Kier molecular flexibility index (Phi) is 4.55. The van der Waals surface area contributed by atoms with E-state index in [0.29, 0.717) is 11.3 Å². The third-order valence-corrected chi connectivity index (χ3v) is 3.22. The van der Waals surface area contributed by atoms with E-state index in [0.717, 1.165) is 6.42 Å². The fourth-order valence-corrected chi connectivity index (χ4v) is 1.94. The molecule has 0 heterocycles. The average Bonchev–Trinajstić information content (AvgIpc) is 2.48. The van der Waals surface area contributed by atoms with Crippen LogP contribution in [0.3, 0.4) is 0 Å². The van der Waals surface area contributed by atoms with Gasteiger partial charge in [-0.15, -0.1) is 0 Å². The molecular formula is C16H17NO4. The van der Waals surface area contributed by atoms with Crippen LogP contribution in [0.4, 0.5) is 5.69 Å². The van der Waals surface area contributed by atoms with Gasteiger partial charge in [0, 0.05) is 6.07 Å². The molecular weight excluding hydrogens is 270 g/mol. The van der Waals surface area contributed by atoms with Crippen molar-refractivity contribution >= 4 is 5.69 Å². The summed E-state index contributed by atoms with van der Waals surface area (Å²) in [5, 5.41) is 20.6. The Bertz CT molecular complexity index is 635. The Morgan fingerprint density at radius 1 is 1.24 bits per heavy atom. The molecule has 2 aromatic carbocycles. The molecule has 2 rings (SSSR count). The lowest BCUT2D eigenvalue weighted by Crippen LogP contribution is -1.97. The highest BCUT2D eigenvalue weighted by Crippen LogP contribution is 2.33. The van der Waals surface area contributed by atoms with Gasteiger partial charge in [-0.3, -0.25) is 10.1 Å². The van der Waals surface area contributed by atoms with Gasteiger partial charge in [0.25, 0.3) is 0 Å². The largest absolute Gasteiger partial charge is 0.450 e. The maximum atomic E-state index is 11.1. The van der Waals surface area contributed by atoms with Crippen LogP contribution < -0.4 is 4.74 Å². The van der Waals surface area contributed by atoms with E-state index < -0.39 is 11.0 Å². The summed E-state index contributed by atoms with van der Waals surface area (Å²) in [5.41, 5.74) is 1.49. The van der Waals surface area contributed by atoms with Crippen molar-refractivity contribution in [1.82, 2.24) is 0 Å². The molecule has 1 atom stereocenters. The SMILES string of the molecule is CCc1ccc(Oc2ccc([C@@H](C)O)cc2[N+](=O)[O-])cc1. The number of rotatable bonds is 5. The number of nitro groups is 1. The van der Waals surface area contributed by atoms with E-state index in [4.69, 9.17) is 4.74 Å². The average molecular weight is 287 g/mol. The molecule has 1 N–H and O–H groups in total. The van der Waals surface area contributed by atoms with Crippen LogP contribution in [0.15, 0.2) is 42.5 Å². The highest BCUT2D eigenvalue weighted by atomic mass is 16.6. The molecule has 21 heavy (non-hydrogen) atoms. The van der Waals surface area contributed by atoms with Gasteiger partial charge in [-0.05, 0) is 42.7 Å². The van der Waals surface area contributed by atoms with E-state index >= 15 is 0 Å². The number of nitro benzene ring substituents is 1. The van der Waals surface area contributed by atoms with Crippen molar-refractivity contribution < 1.29 is 14.8 Å². The number of ether oxygens (including phenoxy) is 1. The minimum atomic E-state index is -0.762. The van der Waals surface area contributed by atoms with Crippen LogP contribution in [0.5, 0.6) is 11.5 Å². The summed E-state index contributed by atoms with van der Waals surface area (Å²) in [6, 6.07) is 11.9. The number of hydrogen-bond acceptors (Lipinski definition) is 4. The summed E-state index contributed by atoms with van der Waals surface area (Å²) in [6.07, 6.45) is 0.158. The first-order valence-electron chi connectivity index (χ1n) is 6.74. The lowest BCUT2D eigenvalue weighted by atomic mass is 10.1. The lowest BCUT2D eigenvalue weighted by molar-refractivity contribution is -0.385. The molecule has 0 aliphatic carbocycles. The number of aryl methyl sites for hydroxylation is 1. The molecule has 2 aromatic rings. The summed E-state index contributed by atoms with van der Waals surface area (Å²) in [6.45, 7) is 3.61. The smallest absolute Gasteiger partial charge is 0.311 e. The first-order chi connectivity index (χ1) is 10.0. The molecule has 0 radical (unpaired) electrons. The van der Waals surface area contributed by atoms with E-state index in [2.05, 4.69) is 6.92 Å². The first kappa shape index (κ1) is 15.0. The molecule has 0 amide bonds. The van der Waals surface area contributed by atoms with Crippen molar-refractivity contribution in [3.8, 4) is 11.5 Å². The topological polar surface area (TPSA) is 72.6 Å². The standard InChI is InChI=1S/C16H17NO4/c1-3-12-4-7-14(8-5-12)21-16-9-6-13(11(2)18)10-15(16)17(19)20/h4-11,18H,3H2,1-2H3/t11-/m1/s1. The molecule has 0 saturated heterocycles.